The fourth-order valence-electron chi connectivity index (χ4n) is 5.50. The molecule has 4 heteroatoms. The standard InChI is InChI=1S/C30H33NO3/c1-2-3-4-5-6-7-12-22-17-23-19-33-20-24(18-22)31(23)30(32)34-21-29-27-15-10-8-13-25(27)26-14-9-11-16-28(26)29/h8-11,13-17,23-24,29H,2-5,12,18-21H2,1H3. The fraction of sp³-hybridized carbons (Fsp3) is 0.433. The van der Waals surface area contributed by atoms with Crippen molar-refractivity contribution in [3.63, 3.8) is 0 Å². The maximum atomic E-state index is 13.3. The Labute approximate surface area is 202 Å². The molecule has 4 nitrogen and oxygen atoms in total. The van der Waals surface area contributed by atoms with Crippen LogP contribution in [-0.2, 0) is 9.47 Å². The summed E-state index contributed by atoms with van der Waals surface area (Å²) in [5, 5.41) is 0. The summed E-state index contributed by atoms with van der Waals surface area (Å²) < 4.78 is 11.7. The van der Waals surface area contributed by atoms with Gasteiger partial charge in [0.2, 0.25) is 0 Å². The Morgan fingerprint density at radius 2 is 1.76 bits per heavy atom. The minimum Gasteiger partial charge on any atom is -0.448 e. The molecule has 2 heterocycles. The van der Waals surface area contributed by atoms with Crippen LogP contribution in [0.3, 0.4) is 0 Å². The minimum atomic E-state index is -0.235. The molecule has 0 saturated carbocycles. The van der Waals surface area contributed by atoms with Crippen LogP contribution < -0.4 is 0 Å². The first-order chi connectivity index (χ1) is 16.8. The smallest absolute Gasteiger partial charge is 0.410 e. The molecule has 2 aliphatic heterocycles. The van der Waals surface area contributed by atoms with Crippen LogP contribution in [0, 0.1) is 11.8 Å². The lowest BCUT2D eigenvalue weighted by molar-refractivity contribution is -0.0363. The van der Waals surface area contributed by atoms with Crippen molar-refractivity contribution >= 4 is 6.09 Å². The molecule has 1 amide bonds. The van der Waals surface area contributed by atoms with Crippen LogP contribution in [0.1, 0.15) is 62.5 Å². The highest BCUT2D eigenvalue weighted by Gasteiger charge is 2.39. The Morgan fingerprint density at radius 3 is 2.47 bits per heavy atom. The molecule has 2 bridgehead atoms. The number of hydrogen-bond acceptors (Lipinski definition) is 3. The second kappa shape index (κ2) is 10.5. The number of nitrogens with zero attached hydrogens (tertiary/aromatic N) is 1. The zero-order valence-electron chi connectivity index (χ0n) is 20.0. The van der Waals surface area contributed by atoms with E-state index in [0.717, 1.165) is 19.3 Å². The maximum absolute atomic E-state index is 13.3. The summed E-state index contributed by atoms with van der Waals surface area (Å²) in [6, 6.07) is 16.8. The molecule has 0 N–H and O–H groups in total. The molecule has 5 rings (SSSR count). The van der Waals surface area contributed by atoms with Crippen molar-refractivity contribution in [2.45, 2.75) is 63.5 Å². The lowest BCUT2D eigenvalue weighted by Gasteiger charge is -2.43. The molecular formula is C30H33NO3. The first-order valence-corrected chi connectivity index (χ1v) is 12.6. The number of amides is 1. The molecule has 3 aliphatic rings. The van der Waals surface area contributed by atoms with Crippen molar-refractivity contribution < 1.29 is 14.3 Å². The number of unbranched alkanes of at least 4 members (excludes halogenated alkanes) is 3. The topological polar surface area (TPSA) is 38.8 Å². The molecular weight excluding hydrogens is 422 g/mol. The van der Waals surface area contributed by atoms with Crippen LogP contribution in [0.15, 0.2) is 60.2 Å². The SMILES string of the molecule is CCCCCC#CCC1=CC2COCC(C1)N2C(=O)OCC1c2ccccc2-c2ccccc21. The summed E-state index contributed by atoms with van der Waals surface area (Å²) in [6.07, 6.45) is 8.16. The molecule has 34 heavy (non-hydrogen) atoms. The van der Waals surface area contributed by atoms with E-state index < -0.39 is 0 Å². The van der Waals surface area contributed by atoms with E-state index in [1.807, 2.05) is 4.90 Å². The molecule has 0 spiro atoms. The van der Waals surface area contributed by atoms with Gasteiger partial charge in [0.15, 0.2) is 0 Å². The highest BCUT2D eigenvalue weighted by molar-refractivity contribution is 5.79. The zero-order chi connectivity index (χ0) is 23.3. The number of benzene rings is 2. The van der Waals surface area contributed by atoms with Crippen LogP contribution >= 0.6 is 0 Å². The van der Waals surface area contributed by atoms with Crippen LogP contribution in [0.25, 0.3) is 11.1 Å². The van der Waals surface area contributed by atoms with Gasteiger partial charge in [-0.05, 0) is 35.1 Å². The molecule has 2 aromatic rings. The Kier molecular flexibility index (Phi) is 7.02. The Balaban J connectivity index is 1.24. The predicted octanol–water partition coefficient (Wildman–Crippen LogP) is 6.31. The highest BCUT2D eigenvalue weighted by atomic mass is 16.6. The van der Waals surface area contributed by atoms with Crippen molar-refractivity contribution in [2.75, 3.05) is 19.8 Å². The minimum absolute atomic E-state index is 0.0243. The van der Waals surface area contributed by atoms with Gasteiger partial charge in [-0.3, -0.25) is 4.90 Å². The number of morpholine rings is 1. The van der Waals surface area contributed by atoms with Crippen molar-refractivity contribution in [1.29, 1.82) is 0 Å². The monoisotopic (exact) mass is 455 g/mol. The van der Waals surface area contributed by atoms with E-state index in [2.05, 4.69) is 73.4 Å². The molecule has 0 radical (unpaired) electrons. The van der Waals surface area contributed by atoms with Crippen molar-refractivity contribution in [3.8, 4) is 23.0 Å². The number of fused-ring (bicyclic) bond motifs is 5. The average molecular weight is 456 g/mol. The van der Waals surface area contributed by atoms with E-state index in [1.165, 1.54) is 47.1 Å². The molecule has 2 aromatic carbocycles. The van der Waals surface area contributed by atoms with Gasteiger partial charge >= 0.3 is 6.09 Å². The number of rotatable bonds is 6. The maximum Gasteiger partial charge on any atom is 0.410 e. The van der Waals surface area contributed by atoms with Crippen molar-refractivity contribution in [3.05, 3.63) is 71.3 Å². The number of hydrogen-bond donors (Lipinski definition) is 0. The number of carbonyl (C=O) groups excluding carboxylic acids is 1. The first-order valence-electron chi connectivity index (χ1n) is 12.6. The lowest BCUT2D eigenvalue weighted by atomic mass is 9.93. The van der Waals surface area contributed by atoms with Crippen LogP contribution in [-0.4, -0.2) is 42.9 Å². The summed E-state index contributed by atoms with van der Waals surface area (Å²) in [5.74, 6) is 6.72. The molecule has 2 atom stereocenters. The summed E-state index contributed by atoms with van der Waals surface area (Å²) in [6.45, 7) is 3.64. The molecule has 176 valence electrons. The third kappa shape index (κ3) is 4.63. The van der Waals surface area contributed by atoms with E-state index >= 15 is 0 Å². The summed E-state index contributed by atoms with van der Waals surface area (Å²) >= 11 is 0. The molecule has 2 unspecified atom stereocenters. The van der Waals surface area contributed by atoms with Crippen LogP contribution in [0.4, 0.5) is 4.79 Å². The largest absolute Gasteiger partial charge is 0.448 e. The van der Waals surface area contributed by atoms with E-state index in [0.29, 0.717) is 19.8 Å². The van der Waals surface area contributed by atoms with Crippen LogP contribution in [0.5, 0.6) is 0 Å². The van der Waals surface area contributed by atoms with E-state index in [4.69, 9.17) is 9.47 Å². The van der Waals surface area contributed by atoms with E-state index in [9.17, 15) is 4.79 Å². The molecule has 0 aromatic heterocycles. The third-order valence-electron chi connectivity index (χ3n) is 7.17. The van der Waals surface area contributed by atoms with Crippen molar-refractivity contribution in [2.24, 2.45) is 0 Å². The van der Waals surface area contributed by atoms with Crippen molar-refractivity contribution in [1.82, 2.24) is 4.90 Å². The molecule has 1 saturated heterocycles. The van der Waals surface area contributed by atoms with Crippen LogP contribution in [0.2, 0.25) is 0 Å². The van der Waals surface area contributed by atoms with Gasteiger partial charge in [-0.1, -0.05) is 85.9 Å². The normalized spacial score (nSPS) is 20.6. The second-order valence-corrected chi connectivity index (χ2v) is 9.49. The Hall–Kier alpha value is -3.03. The fourth-order valence-corrected chi connectivity index (χ4v) is 5.50. The van der Waals surface area contributed by atoms with Gasteiger partial charge in [-0.15, -0.1) is 5.92 Å². The van der Waals surface area contributed by atoms with E-state index in [-0.39, 0.29) is 24.1 Å². The number of carbonyl (C=O) groups is 1. The zero-order valence-corrected chi connectivity index (χ0v) is 20.0. The predicted molar refractivity (Wildman–Crippen MR) is 135 cm³/mol. The lowest BCUT2D eigenvalue weighted by Crippen LogP contribution is -2.56. The Bertz CT molecular complexity index is 1080. The first kappa shape index (κ1) is 22.7. The average Bonchev–Trinajstić information content (AvgIpc) is 3.18. The number of ether oxygens (including phenoxy) is 2. The van der Waals surface area contributed by atoms with Gasteiger partial charge in [0.05, 0.1) is 25.3 Å². The van der Waals surface area contributed by atoms with E-state index in [1.54, 1.807) is 0 Å². The summed E-state index contributed by atoms with van der Waals surface area (Å²) in [4.78, 5) is 15.1. The van der Waals surface area contributed by atoms with Gasteiger partial charge in [0.1, 0.15) is 6.61 Å². The Morgan fingerprint density at radius 1 is 1.03 bits per heavy atom. The summed E-state index contributed by atoms with van der Waals surface area (Å²) in [5.41, 5.74) is 6.28. The van der Waals surface area contributed by atoms with Gasteiger partial charge in [-0.2, -0.15) is 0 Å². The quantitative estimate of drug-likeness (QED) is 0.291. The highest BCUT2D eigenvalue weighted by Crippen LogP contribution is 2.44. The van der Waals surface area contributed by atoms with Gasteiger partial charge in [0.25, 0.3) is 0 Å². The van der Waals surface area contributed by atoms with Gasteiger partial charge < -0.3 is 9.47 Å². The molecule has 1 fully saturated rings. The molecule has 1 aliphatic carbocycles. The van der Waals surface area contributed by atoms with Gasteiger partial charge in [-0.25, -0.2) is 4.79 Å². The third-order valence-corrected chi connectivity index (χ3v) is 7.17. The second-order valence-electron chi connectivity index (χ2n) is 9.49. The van der Waals surface area contributed by atoms with Gasteiger partial charge in [0, 0.05) is 18.8 Å². The summed E-state index contributed by atoms with van der Waals surface area (Å²) in [7, 11) is 0.